The number of aryl methyl sites for hydroxylation is 2. The highest BCUT2D eigenvalue weighted by Gasteiger charge is 2.37. The molecule has 7 heteroatoms. The van der Waals surface area contributed by atoms with Crippen molar-refractivity contribution >= 4 is 34.4 Å². The van der Waals surface area contributed by atoms with Gasteiger partial charge < -0.3 is 20.3 Å². The first kappa shape index (κ1) is 30.7. The van der Waals surface area contributed by atoms with Crippen LogP contribution in [0.15, 0.2) is 60.7 Å². The Bertz CT molecular complexity index is 1360. The number of nitrogens with one attached hydrogen (secondary N) is 2. The lowest BCUT2D eigenvalue weighted by Crippen LogP contribution is -2.54. The fraction of sp³-hybridized carbons (Fsp3) is 0.424. The summed E-state index contributed by atoms with van der Waals surface area (Å²) in [7, 11) is 0. The first-order valence-corrected chi connectivity index (χ1v) is 14.0. The summed E-state index contributed by atoms with van der Waals surface area (Å²) in [5.74, 6) is -0.882. The molecule has 0 radical (unpaired) electrons. The quantitative estimate of drug-likeness (QED) is 0.305. The summed E-state index contributed by atoms with van der Waals surface area (Å²) in [5.41, 5.74) is 2.66. The van der Waals surface area contributed by atoms with E-state index in [2.05, 4.69) is 10.6 Å². The van der Waals surface area contributed by atoms with Crippen LogP contribution < -0.4 is 10.6 Å². The largest absolute Gasteiger partial charge is 0.444 e. The van der Waals surface area contributed by atoms with E-state index in [1.807, 2.05) is 95.3 Å². The van der Waals surface area contributed by atoms with E-state index in [0.29, 0.717) is 18.7 Å². The number of hydrogen-bond acceptors (Lipinski definition) is 4. The number of nitrogens with zero attached hydrogens (tertiary/aromatic N) is 1. The third-order valence-corrected chi connectivity index (χ3v) is 6.65. The Balaban J connectivity index is 2.03. The van der Waals surface area contributed by atoms with Crippen LogP contribution in [-0.2, 0) is 14.3 Å². The van der Waals surface area contributed by atoms with E-state index < -0.39 is 23.8 Å². The van der Waals surface area contributed by atoms with Gasteiger partial charge in [-0.25, -0.2) is 4.79 Å². The van der Waals surface area contributed by atoms with Crippen molar-refractivity contribution in [3.05, 3.63) is 77.4 Å². The number of anilines is 1. The molecule has 0 saturated carbocycles. The standard InChI is InChI=1S/C33H43N3O4/c1-9-18-36(31(38)28(21(2)3)35-32(39)40-33(6,7)8)29(27-17-14-22(4)19-23(27)5)30(37)34-26-16-15-24-12-10-11-13-25(24)20-26/h10-17,19-21,28-29H,9,18H2,1-8H3,(H,34,37)(H,35,39). The number of rotatable bonds is 9. The molecule has 0 aliphatic heterocycles. The minimum atomic E-state index is -0.902. The molecule has 3 aromatic carbocycles. The van der Waals surface area contributed by atoms with Gasteiger partial charge in [0, 0.05) is 12.2 Å². The number of hydrogen-bond donors (Lipinski definition) is 2. The van der Waals surface area contributed by atoms with Gasteiger partial charge in [-0.2, -0.15) is 0 Å². The van der Waals surface area contributed by atoms with Crippen LogP contribution >= 0.6 is 0 Å². The fourth-order valence-corrected chi connectivity index (χ4v) is 4.79. The van der Waals surface area contributed by atoms with Crippen LogP contribution in [0.5, 0.6) is 0 Å². The second-order valence-corrected chi connectivity index (χ2v) is 11.7. The summed E-state index contributed by atoms with van der Waals surface area (Å²) in [6.45, 7) is 15.3. The monoisotopic (exact) mass is 545 g/mol. The lowest BCUT2D eigenvalue weighted by atomic mass is 9.95. The summed E-state index contributed by atoms with van der Waals surface area (Å²) in [4.78, 5) is 42.6. The van der Waals surface area contributed by atoms with Crippen molar-refractivity contribution < 1.29 is 19.1 Å². The molecule has 3 aromatic rings. The van der Waals surface area contributed by atoms with Crippen LogP contribution in [0, 0.1) is 19.8 Å². The highest BCUT2D eigenvalue weighted by atomic mass is 16.6. The van der Waals surface area contributed by atoms with Crippen molar-refractivity contribution in [2.75, 3.05) is 11.9 Å². The Morgan fingerprint density at radius 3 is 2.20 bits per heavy atom. The van der Waals surface area contributed by atoms with Crippen molar-refractivity contribution in [2.45, 2.75) is 79.5 Å². The van der Waals surface area contributed by atoms with Gasteiger partial charge in [0.1, 0.15) is 17.7 Å². The van der Waals surface area contributed by atoms with Gasteiger partial charge >= 0.3 is 6.09 Å². The maximum absolute atomic E-state index is 14.2. The molecule has 40 heavy (non-hydrogen) atoms. The van der Waals surface area contributed by atoms with Gasteiger partial charge in [-0.15, -0.1) is 0 Å². The Morgan fingerprint density at radius 2 is 1.60 bits per heavy atom. The Hall–Kier alpha value is -3.87. The molecule has 0 aliphatic rings. The zero-order valence-electron chi connectivity index (χ0n) is 25.0. The number of alkyl carbamates (subject to hydrolysis) is 1. The molecule has 3 amide bonds. The normalized spacial score (nSPS) is 13.0. The van der Waals surface area contributed by atoms with Crippen LogP contribution in [0.4, 0.5) is 10.5 Å². The lowest BCUT2D eigenvalue weighted by Gasteiger charge is -2.36. The van der Waals surface area contributed by atoms with Gasteiger partial charge in [-0.05, 0) is 81.0 Å². The van der Waals surface area contributed by atoms with Crippen molar-refractivity contribution in [1.82, 2.24) is 10.2 Å². The predicted molar refractivity (Wildman–Crippen MR) is 161 cm³/mol. The van der Waals surface area contributed by atoms with E-state index in [-0.39, 0.29) is 17.7 Å². The molecule has 0 aliphatic carbocycles. The molecule has 0 saturated heterocycles. The zero-order chi connectivity index (χ0) is 29.6. The zero-order valence-corrected chi connectivity index (χ0v) is 25.0. The first-order chi connectivity index (χ1) is 18.8. The van der Waals surface area contributed by atoms with E-state index in [9.17, 15) is 14.4 Å². The van der Waals surface area contributed by atoms with Crippen LogP contribution in [0.1, 0.15) is 70.7 Å². The topological polar surface area (TPSA) is 87.7 Å². The van der Waals surface area contributed by atoms with Gasteiger partial charge in [0.05, 0.1) is 0 Å². The van der Waals surface area contributed by atoms with E-state index in [4.69, 9.17) is 4.74 Å². The fourth-order valence-electron chi connectivity index (χ4n) is 4.79. The second-order valence-electron chi connectivity index (χ2n) is 11.7. The average molecular weight is 546 g/mol. The minimum absolute atomic E-state index is 0.234. The van der Waals surface area contributed by atoms with Gasteiger partial charge in [0.15, 0.2) is 0 Å². The maximum atomic E-state index is 14.2. The van der Waals surface area contributed by atoms with E-state index in [1.54, 1.807) is 25.7 Å². The molecule has 214 valence electrons. The summed E-state index contributed by atoms with van der Waals surface area (Å²) in [6, 6.07) is 17.8. The number of ether oxygens (including phenoxy) is 1. The Labute approximate surface area is 238 Å². The van der Waals surface area contributed by atoms with E-state index >= 15 is 0 Å². The smallest absolute Gasteiger partial charge is 0.408 e. The SMILES string of the molecule is CCCN(C(=O)C(NC(=O)OC(C)(C)C)C(C)C)C(C(=O)Nc1ccc2ccccc2c1)c1ccc(C)cc1C. The van der Waals surface area contributed by atoms with Gasteiger partial charge in [0.2, 0.25) is 5.91 Å². The summed E-state index contributed by atoms with van der Waals surface area (Å²) < 4.78 is 5.45. The maximum Gasteiger partial charge on any atom is 0.408 e. The molecule has 0 spiro atoms. The molecular weight excluding hydrogens is 502 g/mol. The third kappa shape index (κ3) is 7.84. The number of benzene rings is 3. The van der Waals surface area contributed by atoms with Crippen LogP contribution in [0.2, 0.25) is 0 Å². The predicted octanol–water partition coefficient (Wildman–Crippen LogP) is 6.92. The van der Waals surface area contributed by atoms with Crippen molar-refractivity contribution in [3.8, 4) is 0 Å². The van der Waals surface area contributed by atoms with Crippen LogP contribution in [0.3, 0.4) is 0 Å². The van der Waals surface area contributed by atoms with Gasteiger partial charge in [0.25, 0.3) is 5.91 Å². The number of carbonyl (C=O) groups is 3. The molecular formula is C33H43N3O4. The molecule has 0 fully saturated rings. The van der Waals surface area contributed by atoms with Gasteiger partial charge in [-0.3, -0.25) is 9.59 Å². The molecule has 2 N–H and O–H groups in total. The molecule has 0 aromatic heterocycles. The molecule has 2 atom stereocenters. The molecule has 0 heterocycles. The summed E-state index contributed by atoms with van der Waals surface area (Å²) in [5, 5.41) is 7.91. The molecule has 0 bridgehead atoms. The van der Waals surface area contributed by atoms with E-state index in [1.165, 1.54) is 0 Å². The third-order valence-electron chi connectivity index (χ3n) is 6.65. The Morgan fingerprint density at radius 1 is 0.925 bits per heavy atom. The highest BCUT2D eigenvalue weighted by Crippen LogP contribution is 2.29. The lowest BCUT2D eigenvalue weighted by molar-refractivity contribution is -0.141. The molecule has 7 nitrogen and oxygen atoms in total. The minimum Gasteiger partial charge on any atom is -0.444 e. The molecule has 2 unspecified atom stereocenters. The van der Waals surface area contributed by atoms with Crippen molar-refractivity contribution in [3.63, 3.8) is 0 Å². The van der Waals surface area contributed by atoms with Crippen LogP contribution in [-0.4, -0.2) is 41.0 Å². The molecule has 3 rings (SSSR count). The van der Waals surface area contributed by atoms with Crippen molar-refractivity contribution in [2.24, 2.45) is 5.92 Å². The number of amides is 3. The average Bonchev–Trinajstić information content (AvgIpc) is 2.86. The Kier molecular flexibility index (Phi) is 9.96. The number of fused-ring (bicyclic) bond motifs is 1. The first-order valence-electron chi connectivity index (χ1n) is 14.0. The number of carbonyl (C=O) groups excluding carboxylic acids is 3. The highest BCUT2D eigenvalue weighted by molar-refractivity contribution is 6.00. The van der Waals surface area contributed by atoms with Gasteiger partial charge in [-0.1, -0.05) is 74.9 Å². The second kappa shape index (κ2) is 13.0. The van der Waals surface area contributed by atoms with E-state index in [0.717, 1.165) is 27.5 Å². The van der Waals surface area contributed by atoms with Crippen LogP contribution in [0.25, 0.3) is 10.8 Å². The summed E-state index contributed by atoms with van der Waals surface area (Å²) >= 11 is 0. The summed E-state index contributed by atoms with van der Waals surface area (Å²) in [6.07, 6.45) is -0.0344. The van der Waals surface area contributed by atoms with Crippen molar-refractivity contribution in [1.29, 1.82) is 0 Å².